The second-order valence-corrected chi connectivity index (χ2v) is 8.50. The van der Waals surface area contributed by atoms with E-state index in [0.717, 1.165) is 0 Å². The lowest BCUT2D eigenvalue weighted by Gasteiger charge is -2.38. The van der Waals surface area contributed by atoms with Gasteiger partial charge in [-0.05, 0) is 55.8 Å². The number of benzene rings is 2. The summed E-state index contributed by atoms with van der Waals surface area (Å²) in [6.45, 7) is 3.44. The van der Waals surface area contributed by atoms with Gasteiger partial charge in [-0.15, -0.1) is 0 Å². The van der Waals surface area contributed by atoms with E-state index in [1.807, 2.05) is 0 Å². The summed E-state index contributed by atoms with van der Waals surface area (Å²) in [5.74, 6) is -0.795. The standard InChI is InChI=1S/C18H18ClFN2O3S/c1-12-3-6-15(11-17(12)20)21-9-10-22(13(2)18(21)23)26(24,25)16-7-4-14(19)5-8-16/h3-8,11,13H,9-10H2,1-2H3/t13-/m1/s1. The zero-order valence-corrected chi connectivity index (χ0v) is 15.9. The number of carbonyl (C=O) groups excluding carboxylic acids is 1. The van der Waals surface area contributed by atoms with Gasteiger partial charge in [-0.1, -0.05) is 17.7 Å². The van der Waals surface area contributed by atoms with Gasteiger partial charge in [0.05, 0.1) is 4.90 Å². The summed E-state index contributed by atoms with van der Waals surface area (Å²) in [4.78, 5) is 14.2. The van der Waals surface area contributed by atoms with Crippen molar-refractivity contribution in [3.63, 3.8) is 0 Å². The molecule has 0 unspecified atom stereocenters. The van der Waals surface area contributed by atoms with Crippen LogP contribution in [0, 0.1) is 12.7 Å². The smallest absolute Gasteiger partial charge is 0.245 e. The number of rotatable bonds is 3. The Labute approximate surface area is 157 Å². The molecule has 26 heavy (non-hydrogen) atoms. The number of carbonyl (C=O) groups is 1. The number of piperazine rings is 1. The summed E-state index contributed by atoms with van der Waals surface area (Å²) in [6.07, 6.45) is 0. The van der Waals surface area contributed by atoms with Gasteiger partial charge in [-0.25, -0.2) is 12.8 Å². The highest BCUT2D eigenvalue weighted by atomic mass is 35.5. The van der Waals surface area contributed by atoms with E-state index in [4.69, 9.17) is 11.6 Å². The van der Waals surface area contributed by atoms with Crippen molar-refractivity contribution in [1.82, 2.24) is 4.31 Å². The number of sulfonamides is 1. The highest BCUT2D eigenvalue weighted by Crippen LogP contribution is 2.27. The van der Waals surface area contributed by atoms with Crippen LogP contribution in [-0.4, -0.2) is 37.8 Å². The van der Waals surface area contributed by atoms with Gasteiger partial charge < -0.3 is 4.90 Å². The molecular formula is C18H18ClFN2O3S. The molecule has 8 heteroatoms. The van der Waals surface area contributed by atoms with Gasteiger partial charge in [-0.3, -0.25) is 4.79 Å². The predicted molar refractivity (Wildman–Crippen MR) is 98.3 cm³/mol. The van der Waals surface area contributed by atoms with Crippen molar-refractivity contribution in [2.75, 3.05) is 18.0 Å². The van der Waals surface area contributed by atoms with E-state index in [9.17, 15) is 17.6 Å². The highest BCUT2D eigenvalue weighted by Gasteiger charge is 2.39. The van der Waals surface area contributed by atoms with Crippen molar-refractivity contribution in [2.45, 2.75) is 24.8 Å². The molecule has 1 aliphatic rings. The molecule has 2 aromatic rings. The molecule has 0 spiro atoms. The second kappa shape index (κ2) is 6.98. The molecule has 0 bridgehead atoms. The fourth-order valence-electron chi connectivity index (χ4n) is 2.93. The number of halogens is 2. The van der Waals surface area contributed by atoms with Crippen molar-refractivity contribution in [3.05, 3.63) is 58.9 Å². The molecule has 0 aromatic heterocycles. The van der Waals surface area contributed by atoms with Gasteiger partial charge in [-0.2, -0.15) is 4.31 Å². The minimum Gasteiger partial charge on any atom is -0.310 e. The first-order valence-electron chi connectivity index (χ1n) is 8.07. The molecule has 0 radical (unpaired) electrons. The summed E-state index contributed by atoms with van der Waals surface area (Å²) in [7, 11) is -3.83. The van der Waals surface area contributed by atoms with E-state index >= 15 is 0 Å². The first-order chi connectivity index (χ1) is 12.2. The maximum atomic E-state index is 13.8. The predicted octanol–water partition coefficient (Wildman–Crippen LogP) is 3.21. The van der Waals surface area contributed by atoms with E-state index in [1.165, 1.54) is 46.5 Å². The Bertz CT molecular complexity index is 947. The van der Waals surface area contributed by atoms with Crippen LogP contribution in [-0.2, 0) is 14.8 Å². The van der Waals surface area contributed by atoms with E-state index in [2.05, 4.69) is 0 Å². The Morgan fingerprint density at radius 1 is 1.12 bits per heavy atom. The van der Waals surface area contributed by atoms with Gasteiger partial charge in [0.2, 0.25) is 15.9 Å². The summed E-state index contributed by atoms with van der Waals surface area (Å²) in [5, 5.41) is 0.430. The Morgan fingerprint density at radius 2 is 1.77 bits per heavy atom. The Hall–Kier alpha value is -1.96. The number of nitrogens with zero attached hydrogens (tertiary/aromatic N) is 2. The zero-order valence-electron chi connectivity index (χ0n) is 14.3. The molecule has 2 aromatic carbocycles. The van der Waals surface area contributed by atoms with Crippen molar-refractivity contribution in [1.29, 1.82) is 0 Å². The quantitative estimate of drug-likeness (QED) is 0.800. The Morgan fingerprint density at radius 3 is 2.38 bits per heavy atom. The lowest BCUT2D eigenvalue weighted by Crippen LogP contribution is -2.57. The van der Waals surface area contributed by atoms with E-state index in [-0.39, 0.29) is 18.0 Å². The molecule has 3 rings (SSSR count). The lowest BCUT2D eigenvalue weighted by molar-refractivity contribution is -0.123. The SMILES string of the molecule is Cc1ccc(N2CCN(S(=O)(=O)c3ccc(Cl)cc3)[C@H](C)C2=O)cc1F. The van der Waals surface area contributed by atoms with Crippen LogP contribution in [0.3, 0.4) is 0 Å². The van der Waals surface area contributed by atoms with Crippen LogP contribution < -0.4 is 4.90 Å². The molecule has 1 fully saturated rings. The van der Waals surface area contributed by atoms with Crippen LogP contribution in [0.5, 0.6) is 0 Å². The number of amides is 1. The summed E-state index contributed by atoms with van der Waals surface area (Å²) in [6, 6.07) is 9.47. The minimum atomic E-state index is -3.83. The molecule has 0 aliphatic carbocycles. The van der Waals surface area contributed by atoms with Crippen LogP contribution in [0.4, 0.5) is 10.1 Å². The minimum absolute atomic E-state index is 0.0800. The third-order valence-corrected chi connectivity index (χ3v) is 6.72. The fraction of sp³-hybridized carbons (Fsp3) is 0.278. The van der Waals surface area contributed by atoms with E-state index in [0.29, 0.717) is 16.3 Å². The van der Waals surface area contributed by atoms with Crippen molar-refractivity contribution in [2.24, 2.45) is 0 Å². The Kier molecular flexibility index (Phi) is 5.05. The maximum absolute atomic E-state index is 13.8. The van der Waals surface area contributed by atoms with Crippen molar-refractivity contribution >= 4 is 33.2 Å². The van der Waals surface area contributed by atoms with Gasteiger partial charge in [0, 0.05) is 23.8 Å². The topological polar surface area (TPSA) is 57.7 Å². The molecule has 1 heterocycles. The third-order valence-electron chi connectivity index (χ3n) is 4.49. The first-order valence-corrected chi connectivity index (χ1v) is 9.88. The van der Waals surface area contributed by atoms with E-state index < -0.39 is 27.8 Å². The molecule has 138 valence electrons. The summed E-state index contributed by atoms with van der Waals surface area (Å²) < 4.78 is 40.7. The van der Waals surface area contributed by atoms with Gasteiger partial charge in [0.25, 0.3) is 0 Å². The molecule has 5 nitrogen and oxygen atoms in total. The van der Waals surface area contributed by atoms with Crippen molar-refractivity contribution in [3.8, 4) is 0 Å². The number of aryl methyl sites for hydroxylation is 1. The van der Waals surface area contributed by atoms with Gasteiger partial charge >= 0.3 is 0 Å². The van der Waals surface area contributed by atoms with Crippen LogP contribution in [0.2, 0.25) is 5.02 Å². The normalized spacial score (nSPS) is 19.0. The molecule has 1 aliphatic heterocycles. The van der Waals surface area contributed by atoms with Crippen molar-refractivity contribution < 1.29 is 17.6 Å². The van der Waals surface area contributed by atoms with Crippen LogP contribution >= 0.6 is 11.6 Å². The van der Waals surface area contributed by atoms with Crippen LogP contribution in [0.1, 0.15) is 12.5 Å². The average Bonchev–Trinajstić information content (AvgIpc) is 2.60. The average molecular weight is 397 g/mol. The third kappa shape index (κ3) is 3.34. The molecule has 1 amide bonds. The fourth-order valence-corrected chi connectivity index (χ4v) is 4.63. The van der Waals surface area contributed by atoms with Crippen LogP contribution in [0.25, 0.3) is 0 Å². The maximum Gasteiger partial charge on any atom is 0.245 e. The number of anilines is 1. The monoisotopic (exact) mass is 396 g/mol. The first kappa shape index (κ1) is 18.8. The van der Waals surface area contributed by atoms with Crippen LogP contribution in [0.15, 0.2) is 47.4 Å². The molecule has 1 saturated heterocycles. The Balaban J connectivity index is 1.87. The van der Waals surface area contributed by atoms with Gasteiger partial charge in [0.1, 0.15) is 11.9 Å². The molecule has 0 N–H and O–H groups in total. The highest BCUT2D eigenvalue weighted by molar-refractivity contribution is 7.89. The molecule has 1 atom stereocenters. The number of hydrogen-bond donors (Lipinski definition) is 0. The molecular weight excluding hydrogens is 379 g/mol. The summed E-state index contributed by atoms with van der Waals surface area (Å²) >= 11 is 5.81. The summed E-state index contributed by atoms with van der Waals surface area (Å²) in [5.41, 5.74) is 0.909. The lowest BCUT2D eigenvalue weighted by atomic mass is 10.1. The number of hydrogen-bond acceptors (Lipinski definition) is 3. The zero-order chi connectivity index (χ0) is 19.1. The van der Waals surface area contributed by atoms with Gasteiger partial charge in [0.15, 0.2) is 0 Å². The largest absolute Gasteiger partial charge is 0.310 e. The second-order valence-electron chi connectivity index (χ2n) is 6.17. The molecule has 0 saturated carbocycles. The van der Waals surface area contributed by atoms with E-state index in [1.54, 1.807) is 19.1 Å².